The Hall–Kier alpha value is -4.41. The summed E-state index contributed by atoms with van der Waals surface area (Å²) in [7, 11) is 2.15. The van der Waals surface area contributed by atoms with Crippen molar-refractivity contribution in [2.75, 3.05) is 50.7 Å². The van der Waals surface area contributed by atoms with Crippen molar-refractivity contribution in [1.29, 1.82) is 0 Å². The van der Waals surface area contributed by atoms with Gasteiger partial charge in [0.05, 0.1) is 21.9 Å². The molecular weight excluding hydrogens is 486 g/mol. The van der Waals surface area contributed by atoms with E-state index in [9.17, 15) is 14.9 Å². The summed E-state index contributed by atoms with van der Waals surface area (Å²) < 4.78 is 11.0. The zero-order valence-electron chi connectivity index (χ0n) is 20.9. The summed E-state index contributed by atoms with van der Waals surface area (Å²) in [5.41, 5.74) is 4.64. The quantitative estimate of drug-likeness (QED) is 0.289. The van der Waals surface area contributed by atoms with Crippen LogP contribution in [0, 0.1) is 10.1 Å². The number of benzene rings is 3. The number of fused-ring (bicyclic) bond motifs is 2. The Bertz CT molecular complexity index is 1440. The summed E-state index contributed by atoms with van der Waals surface area (Å²) in [6, 6.07) is 18.1. The van der Waals surface area contributed by atoms with Crippen molar-refractivity contribution in [2.24, 2.45) is 0 Å². The molecule has 0 aromatic heterocycles. The largest absolute Gasteiger partial charge is 0.454 e. The van der Waals surface area contributed by atoms with E-state index in [2.05, 4.69) is 39.6 Å². The first-order valence-electron chi connectivity index (χ1n) is 12.5. The molecule has 0 spiro atoms. The molecule has 0 atom stereocenters. The highest BCUT2D eigenvalue weighted by atomic mass is 16.7. The molecule has 0 bridgehead atoms. The number of non-ortho nitro benzene ring substituents is 1. The van der Waals surface area contributed by atoms with E-state index >= 15 is 0 Å². The predicted molar refractivity (Wildman–Crippen MR) is 144 cm³/mol. The zero-order chi connectivity index (χ0) is 26.2. The number of likely N-dealkylation sites (N-methyl/N-ethyl adjacent to an activating group) is 1. The number of ether oxygens (including phenoxy) is 2. The number of nitro benzene ring substituents is 1. The van der Waals surface area contributed by atoms with Crippen LogP contribution in [0.5, 0.6) is 11.5 Å². The van der Waals surface area contributed by atoms with Crippen molar-refractivity contribution in [1.82, 2.24) is 9.80 Å². The Kier molecular flexibility index (Phi) is 6.18. The van der Waals surface area contributed by atoms with Crippen molar-refractivity contribution in [2.45, 2.75) is 6.54 Å². The summed E-state index contributed by atoms with van der Waals surface area (Å²) in [5, 5.41) is 17.5. The summed E-state index contributed by atoms with van der Waals surface area (Å²) in [6.45, 7) is 5.25. The molecular formula is C28H27N5O5. The zero-order valence-corrected chi connectivity index (χ0v) is 20.9. The van der Waals surface area contributed by atoms with Gasteiger partial charge in [0, 0.05) is 61.7 Å². The molecule has 38 heavy (non-hydrogen) atoms. The highest BCUT2D eigenvalue weighted by Gasteiger charge is 2.30. The minimum absolute atomic E-state index is 0.0844. The van der Waals surface area contributed by atoms with Gasteiger partial charge >= 0.3 is 0 Å². The molecule has 2 N–H and O–H groups in total. The van der Waals surface area contributed by atoms with Gasteiger partial charge < -0.3 is 25.0 Å². The standard InChI is InChI=1S/C28H27N5O5/c1-31-10-12-32(13-11-31)16-18-2-5-20(6-3-18)29-27(19-4-9-24-25(14-19)38-17-37-24)26-22-8-7-21(33(35)36)15-23(22)30-28(26)34/h2-9,14-15,29H,10-13,16-17H2,1H3,(H,30,34). The van der Waals surface area contributed by atoms with Gasteiger partial charge in [-0.25, -0.2) is 0 Å². The normalized spacial score (nSPS) is 18.2. The van der Waals surface area contributed by atoms with Crippen molar-refractivity contribution in [3.8, 4) is 11.5 Å². The SMILES string of the molecule is CN1CCN(Cc2ccc(NC(=C3C(=O)Nc4cc([N+](=O)[O-])ccc43)c3ccc4c(c3)OCO4)cc2)CC1. The summed E-state index contributed by atoms with van der Waals surface area (Å²) in [5.74, 6) is 0.887. The smallest absolute Gasteiger partial charge is 0.271 e. The average Bonchev–Trinajstić information content (AvgIpc) is 3.52. The van der Waals surface area contributed by atoms with Gasteiger partial charge in [0.2, 0.25) is 6.79 Å². The first-order chi connectivity index (χ1) is 18.4. The van der Waals surface area contributed by atoms with E-state index in [0.29, 0.717) is 34.0 Å². The van der Waals surface area contributed by atoms with Crippen LogP contribution in [0.3, 0.4) is 0 Å². The molecule has 3 heterocycles. The molecule has 6 rings (SSSR count). The van der Waals surface area contributed by atoms with Crippen molar-refractivity contribution >= 4 is 34.2 Å². The molecule has 1 fully saturated rings. The Balaban J connectivity index is 1.35. The van der Waals surface area contributed by atoms with Crippen LogP contribution in [0.1, 0.15) is 16.7 Å². The number of hydrogen-bond donors (Lipinski definition) is 2. The molecule has 0 aliphatic carbocycles. The number of rotatable bonds is 6. The van der Waals surface area contributed by atoms with Gasteiger partial charge in [0.1, 0.15) is 0 Å². The van der Waals surface area contributed by atoms with Gasteiger partial charge in [0.15, 0.2) is 11.5 Å². The maximum absolute atomic E-state index is 13.2. The lowest BCUT2D eigenvalue weighted by atomic mass is 9.99. The third kappa shape index (κ3) is 4.67. The van der Waals surface area contributed by atoms with Crippen molar-refractivity contribution in [3.05, 3.63) is 87.5 Å². The number of carbonyl (C=O) groups is 1. The van der Waals surface area contributed by atoms with Crippen LogP contribution in [-0.2, 0) is 11.3 Å². The average molecular weight is 514 g/mol. The second-order valence-electron chi connectivity index (χ2n) is 9.66. The van der Waals surface area contributed by atoms with E-state index in [1.807, 2.05) is 30.3 Å². The number of piperazine rings is 1. The Morgan fingerprint density at radius 3 is 2.53 bits per heavy atom. The molecule has 3 aliphatic heterocycles. The highest BCUT2D eigenvalue weighted by molar-refractivity contribution is 6.37. The lowest BCUT2D eigenvalue weighted by Crippen LogP contribution is -2.43. The van der Waals surface area contributed by atoms with Crippen LogP contribution in [0.2, 0.25) is 0 Å². The van der Waals surface area contributed by atoms with Crippen molar-refractivity contribution in [3.63, 3.8) is 0 Å². The van der Waals surface area contributed by atoms with E-state index in [1.165, 1.54) is 17.7 Å². The highest BCUT2D eigenvalue weighted by Crippen LogP contribution is 2.41. The van der Waals surface area contributed by atoms with Gasteiger partial charge in [-0.1, -0.05) is 12.1 Å². The topological polar surface area (TPSA) is 109 Å². The fraction of sp³-hybridized carbons (Fsp3) is 0.250. The Morgan fingerprint density at radius 1 is 1.00 bits per heavy atom. The van der Waals surface area contributed by atoms with E-state index in [0.717, 1.165) is 44.0 Å². The van der Waals surface area contributed by atoms with Gasteiger partial charge in [0.25, 0.3) is 11.6 Å². The number of nitrogens with zero attached hydrogens (tertiary/aromatic N) is 3. The molecule has 0 radical (unpaired) electrons. The number of anilines is 2. The maximum Gasteiger partial charge on any atom is 0.271 e. The van der Waals surface area contributed by atoms with E-state index < -0.39 is 4.92 Å². The lowest BCUT2D eigenvalue weighted by molar-refractivity contribution is -0.384. The van der Waals surface area contributed by atoms with Gasteiger partial charge in [-0.15, -0.1) is 0 Å². The van der Waals surface area contributed by atoms with Crippen LogP contribution in [0.4, 0.5) is 17.1 Å². The maximum atomic E-state index is 13.2. The number of amides is 1. The molecule has 10 heteroatoms. The molecule has 194 valence electrons. The molecule has 3 aliphatic rings. The third-order valence-electron chi connectivity index (χ3n) is 7.10. The van der Waals surface area contributed by atoms with Gasteiger partial charge in [-0.3, -0.25) is 19.8 Å². The molecule has 3 aromatic carbocycles. The van der Waals surface area contributed by atoms with Gasteiger partial charge in [-0.2, -0.15) is 0 Å². The minimum Gasteiger partial charge on any atom is -0.454 e. The first kappa shape index (κ1) is 24.0. The number of hydrogen-bond acceptors (Lipinski definition) is 8. The fourth-order valence-electron chi connectivity index (χ4n) is 4.96. The number of nitrogens with one attached hydrogen (secondary N) is 2. The summed E-state index contributed by atoms with van der Waals surface area (Å²) in [6.07, 6.45) is 0. The second kappa shape index (κ2) is 9.81. The first-order valence-corrected chi connectivity index (χ1v) is 12.5. The fourth-order valence-corrected chi connectivity index (χ4v) is 4.96. The second-order valence-corrected chi connectivity index (χ2v) is 9.66. The molecule has 1 saturated heterocycles. The van der Waals surface area contributed by atoms with Crippen LogP contribution < -0.4 is 20.1 Å². The number of carbonyl (C=O) groups excluding carboxylic acids is 1. The van der Waals surface area contributed by atoms with Gasteiger partial charge in [-0.05, 0) is 49.0 Å². The van der Waals surface area contributed by atoms with E-state index in [4.69, 9.17) is 9.47 Å². The summed E-state index contributed by atoms with van der Waals surface area (Å²) >= 11 is 0. The Morgan fingerprint density at radius 2 is 1.76 bits per heavy atom. The molecule has 1 amide bonds. The van der Waals surface area contributed by atoms with Crippen LogP contribution in [0.25, 0.3) is 11.3 Å². The van der Waals surface area contributed by atoms with Crippen molar-refractivity contribution < 1.29 is 19.2 Å². The molecule has 10 nitrogen and oxygen atoms in total. The minimum atomic E-state index is -0.477. The summed E-state index contributed by atoms with van der Waals surface area (Å²) in [4.78, 5) is 28.8. The van der Waals surface area contributed by atoms with Crippen LogP contribution in [-0.4, -0.2) is 60.6 Å². The Labute approximate surface area is 219 Å². The third-order valence-corrected chi connectivity index (χ3v) is 7.10. The molecule has 0 unspecified atom stereocenters. The van der Waals surface area contributed by atoms with Crippen LogP contribution in [0.15, 0.2) is 60.7 Å². The van der Waals surface area contributed by atoms with E-state index in [1.54, 1.807) is 6.07 Å². The number of nitro groups is 1. The van der Waals surface area contributed by atoms with E-state index in [-0.39, 0.29) is 18.4 Å². The molecule has 0 saturated carbocycles. The lowest BCUT2D eigenvalue weighted by Gasteiger charge is -2.32. The monoisotopic (exact) mass is 513 g/mol. The predicted octanol–water partition coefficient (Wildman–Crippen LogP) is 4.00. The molecule has 3 aromatic rings. The van der Waals surface area contributed by atoms with Crippen LogP contribution >= 0.6 is 0 Å².